The normalized spacial score (nSPS) is 29.2. The van der Waals surface area contributed by atoms with Crippen LogP contribution in [0.25, 0.3) is 0 Å². The lowest BCUT2D eigenvalue weighted by Gasteiger charge is -2.54. The number of benzene rings is 1. The van der Waals surface area contributed by atoms with Gasteiger partial charge in [-0.15, -0.1) is 0 Å². The number of carboxylic acid groups (broad SMARTS) is 1. The summed E-state index contributed by atoms with van der Waals surface area (Å²) in [7, 11) is 0. The van der Waals surface area contributed by atoms with Gasteiger partial charge in [0.05, 0.1) is 25.4 Å². The van der Waals surface area contributed by atoms with Crippen LogP contribution in [0.4, 0.5) is 0 Å². The summed E-state index contributed by atoms with van der Waals surface area (Å²) in [5.74, 6) is -1.11. The number of hydrogen-bond donors (Lipinski definition) is 5. The number of nitrogens with one attached hydrogen (secondary N) is 1. The number of rotatable bonds is 8. The molecule has 11 heteroatoms. The summed E-state index contributed by atoms with van der Waals surface area (Å²) in [6, 6.07) is 3.93. The molecule has 0 unspecified atom stereocenters. The zero-order chi connectivity index (χ0) is 24.7. The largest absolute Gasteiger partial charge is 0.669 e. The van der Waals surface area contributed by atoms with Crippen LogP contribution in [0.15, 0.2) is 12.1 Å². The van der Waals surface area contributed by atoms with E-state index < -0.39 is 18.5 Å². The summed E-state index contributed by atoms with van der Waals surface area (Å²) in [5, 5.41) is 34.1. The van der Waals surface area contributed by atoms with Crippen molar-refractivity contribution in [1.29, 1.82) is 0 Å². The quantitative estimate of drug-likeness (QED) is 0.327. The fraction of sp³-hybridized carbons (Fsp3) is 0.667. The van der Waals surface area contributed by atoms with E-state index in [4.69, 9.17) is 9.39 Å². The maximum absolute atomic E-state index is 12.7. The molecule has 0 radical (unpaired) electrons. The van der Waals surface area contributed by atoms with Gasteiger partial charge in [0, 0.05) is 19.0 Å². The minimum Gasteiger partial charge on any atom is -0.669 e. The number of carboxylic acids is 1. The van der Waals surface area contributed by atoms with E-state index in [0.29, 0.717) is 43.5 Å². The summed E-state index contributed by atoms with van der Waals surface area (Å²) >= 11 is 0. The summed E-state index contributed by atoms with van der Waals surface area (Å²) < 4.78 is 11.4. The zero-order valence-electron chi connectivity index (χ0n) is 20.0. The Bertz CT molecular complexity index is 976. The van der Waals surface area contributed by atoms with Gasteiger partial charge in [0.1, 0.15) is 17.4 Å². The summed E-state index contributed by atoms with van der Waals surface area (Å²) in [6.07, 6.45) is 5.91. The van der Waals surface area contributed by atoms with E-state index in [1.807, 2.05) is 0 Å². The lowest BCUT2D eigenvalue weighted by molar-refractivity contribution is -0.365. The molecular formula is C24H36BN3O7. The number of likely N-dealkylation sites (tertiary alicyclic amines) is 1. The van der Waals surface area contributed by atoms with Gasteiger partial charge in [-0.25, -0.2) is 4.79 Å². The maximum Gasteiger partial charge on any atom is 0.434 e. The van der Waals surface area contributed by atoms with Gasteiger partial charge in [0.15, 0.2) is 0 Å². The number of carbonyl (C=O) groups is 2. The number of amides is 1. The van der Waals surface area contributed by atoms with E-state index in [9.17, 15) is 24.7 Å². The molecule has 2 heterocycles. The van der Waals surface area contributed by atoms with Gasteiger partial charge in [0.2, 0.25) is 5.91 Å². The van der Waals surface area contributed by atoms with Crippen LogP contribution >= 0.6 is 0 Å². The molecule has 35 heavy (non-hydrogen) atoms. The number of hydrogen-bond acceptors (Lipinski definition) is 7. The van der Waals surface area contributed by atoms with Crippen molar-refractivity contribution in [2.75, 3.05) is 26.2 Å². The molecule has 0 aromatic heterocycles. The Hall–Kier alpha value is -2.34. The summed E-state index contributed by atoms with van der Waals surface area (Å²) in [6.45, 7) is -0.467. The van der Waals surface area contributed by atoms with Crippen molar-refractivity contribution in [1.82, 2.24) is 10.2 Å². The van der Waals surface area contributed by atoms with Crippen LogP contribution in [0.1, 0.15) is 66.8 Å². The highest BCUT2D eigenvalue weighted by Gasteiger charge is 2.50. The van der Waals surface area contributed by atoms with Crippen molar-refractivity contribution in [2.45, 2.75) is 68.8 Å². The summed E-state index contributed by atoms with van der Waals surface area (Å²) in [4.78, 5) is 26.6. The Balaban J connectivity index is 1.16. The van der Waals surface area contributed by atoms with Crippen LogP contribution in [0.2, 0.25) is 5.82 Å². The Morgan fingerprint density at radius 1 is 1.14 bits per heavy atom. The molecule has 1 amide bonds. The van der Waals surface area contributed by atoms with Crippen LogP contribution < -0.4 is 20.4 Å². The van der Waals surface area contributed by atoms with Gasteiger partial charge in [-0.05, 0) is 49.1 Å². The van der Waals surface area contributed by atoms with Crippen LogP contribution in [-0.2, 0) is 4.79 Å². The van der Waals surface area contributed by atoms with E-state index in [2.05, 4.69) is 11.1 Å². The predicted molar refractivity (Wildman–Crippen MR) is 127 cm³/mol. The SMILES string of the molecule is [NH3+]CCN[C@H]1CC[C@@H](CC(=O)N2CC(Oc3ccc4c(c3C(=O)O)O[B-](O)(O)[C@@H]3CC[C@H]43)C2)CC1. The third kappa shape index (κ3) is 4.74. The fourth-order valence-electron chi connectivity index (χ4n) is 6.14. The lowest BCUT2D eigenvalue weighted by Crippen LogP contribution is -2.57. The maximum atomic E-state index is 12.7. The molecule has 2 saturated carbocycles. The van der Waals surface area contributed by atoms with Gasteiger partial charge in [-0.1, -0.05) is 24.7 Å². The molecule has 1 aromatic carbocycles. The standard InChI is InChI=1S/C24H35BN3O7/c26-9-10-27-15-3-1-14(2-4-15)11-21(29)28-12-16(13-28)34-20-8-6-18-17-5-7-19(17)25(32,33)35-23(18)22(20)24(30)31/h6,8,14-17,19,27,32-33H,1-5,7,9-13,26H2,(H,30,31)/q-1/p+1/t14-,15+,17-,19-/m1/s1. The van der Waals surface area contributed by atoms with E-state index >= 15 is 0 Å². The Morgan fingerprint density at radius 3 is 2.51 bits per heavy atom. The first-order valence-corrected chi connectivity index (χ1v) is 12.9. The number of carbonyl (C=O) groups excluding carboxylic acids is 1. The average molecular weight is 489 g/mol. The fourth-order valence-corrected chi connectivity index (χ4v) is 6.14. The molecule has 2 aliphatic heterocycles. The monoisotopic (exact) mass is 489 g/mol. The van der Waals surface area contributed by atoms with E-state index in [1.165, 1.54) is 0 Å². The molecule has 2 atom stereocenters. The van der Waals surface area contributed by atoms with Crippen LogP contribution in [0, 0.1) is 5.92 Å². The van der Waals surface area contributed by atoms with Crippen LogP contribution in [0.3, 0.4) is 0 Å². The topological polar surface area (TPSA) is 156 Å². The number of ether oxygens (including phenoxy) is 1. The van der Waals surface area contributed by atoms with Gasteiger partial charge in [-0.3, -0.25) is 4.79 Å². The van der Waals surface area contributed by atoms with Gasteiger partial charge < -0.3 is 40.5 Å². The molecule has 1 aromatic rings. The highest BCUT2D eigenvalue weighted by atomic mass is 16.6. The van der Waals surface area contributed by atoms with Crippen molar-refractivity contribution in [2.24, 2.45) is 5.92 Å². The predicted octanol–water partition coefficient (Wildman–Crippen LogP) is 0.318. The number of fused-ring (bicyclic) bond motifs is 3. The number of nitrogens with zero attached hydrogens (tertiary/aromatic N) is 1. The average Bonchev–Trinajstić information content (AvgIpc) is 2.74. The number of aromatic carboxylic acids is 1. The Labute approximate surface area is 204 Å². The first-order chi connectivity index (χ1) is 16.8. The molecule has 0 bridgehead atoms. The van der Waals surface area contributed by atoms with Crippen LogP contribution in [0.5, 0.6) is 11.5 Å². The van der Waals surface area contributed by atoms with E-state index in [1.54, 1.807) is 17.0 Å². The first kappa shape index (κ1) is 24.4. The molecule has 3 fully saturated rings. The summed E-state index contributed by atoms with van der Waals surface area (Å²) in [5.41, 5.74) is 4.36. The highest BCUT2D eigenvalue weighted by Crippen LogP contribution is 2.58. The highest BCUT2D eigenvalue weighted by molar-refractivity contribution is 6.61. The van der Waals surface area contributed by atoms with Gasteiger partial charge >= 0.3 is 12.7 Å². The Morgan fingerprint density at radius 2 is 1.89 bits per heavy atom. The molecule has 1 saturated heterocycles. The molecule has 2 aliphatic carbocycles. The van der Waals surface area contributed by atoms with Crippen molar-refractivity contribution < 1.29 is 39.9 Å². The second-order valence-corrected chi connectivity index (χ2v) is 10.7. The zero-order valence-corrected chi connectivity index (χ0v) is 20.0. The molecule has 192 valence electrons. The molecular weight excluding hydrogens is 453 g/mol. The lowest BCUT2D eigenvalue weighted by atomic mass is 9.46. The molecule has 4 aliphatic rings. The molecule has 10 nitrogen and oxygen atoms in total. The van der Waals surface area contributed by atoms with E-state index in [0.717, 1.165) is 45.2 Å². The second-order valence-electron chi connectivity index (χ2n) is 10.7. The third-order valence-electron chi connectivity index (χ3n) is 8.35. The minimum atomic E-state index is -3.11. The van der Waals surface area contributed by atoms with Crippen molar-refractivity contribution in [3.63, 3.8) is 0 Å². The van der Waals surface area contributed by atoms with E-state index in [-0.39, 0.29) is 35.0 Å². The smallest absolute Gasteiger partial charge is 0.434 e. The van der Waals surface area contributed by atoms with Gasteiger partial charge in [-0.2, -0.15) is 0 Å². The third-order valence-corrected chi connectivity index (χ3v) is 8.35. The minimum absolute atomic E-state index is 0.00602. The molecule has 5 rings (SSSR count). The number of quaternary nitrogens is 1. The second kappa shape index (κ2) is 9.61. The molecule has 0 spiro atoms. The van der Waals surface area contributed by atoms with Crippen molar-refractivity contribution in [3.8, 4) is 11.5 Å². The first-order valence-electron chi connectivity index (χ1n) is 12.9. The van der Waals surface area contributed by atoms with Crippen molar-refractivity contribution >= 4 is 18.6 Å². The van der Waals surface area contributed by atoms with Crippen LogP contribution in [-0.4, -0.2) is 77.0 Å². The van der Waals surface area contributed by atoms with Crippen molar-refractivity contribution in [3.05, 3.63) is 23.3 Å². The molecule has 7 N–H and O–H groups in total. The van der Waals surface area contributed by atoms with Gasteiger partial charge in [0.25, 0.3) is 0 Å². The Kier molecular flexibility index (Phi) is 6.69.